The summed E-state index contributed by atoms with van der Waals surface area (Å²) < 4.78 is 3.74. The normalized spacial score (nSPS) is 16.0. The van der Waals surface area contributed by atoms with E-state index in [1.807, 2.05) is 53.2 Å². The number of pyridine rings is 3. The smallest absolute Gasteiger partial charge is 0.253 e. The summed E-state index contributed by atoms with van der Waals surface area (Å²) in [5.74, 6) is 2.20. The van der Waals surface area contributed by atoms with Crippen molar-refractivity contribution in [3.05, 3.63) is 108 Å². The number of anilines is 1. The molecular weight excluding hydrogens is 526 g/mol. The summed E-state index contributed by atoms with van der Waals surface area (Å²) >= 11 is 0. The molecule has 10 nitrogen and oxygen atoms in total. The summed E-state index contributed by atoms with van der Waals surface area (Å²) in [6.45, 7) is 0. The number of rotatable bonds is 6. The largest absolute Gasteiger partial charge is 0.383 e. The molecule has 1 saturated carbocycles. The highest BCUT2D eigenvalue weighted by molar-refractivity contribution is 5.94. The number of nitrogen functional groups attached to an aromatic ring is 1. The maximum absolute atomic E-state index is 13.1. The molecule has 0 aliphatic heterocycles. The molecule has 2 aliphatic rings. The Morgan fingerprint density at radius 1 is 0.952 bits per heavy atom. The Hall–Kier alpha value is -5.38. The topological polar surface area (TPSA) is 129 Å². The van der Waals surface area contributed by atoms with E-state index < -0.39 is 0 Å². The number of nitrogens with zero attached hydrogens (tertiary/aromatic N) is 7. The van der Waals surface area contributed by atoms with Gasteiger partial charge in [0.05, 0.1) is 17.2 Å². The van der Waals surface area contributed by atoms with Crippen molar-refractivity contribution in [2.24, 2.45) is 0 Å². The van der Waals surface area contributed by atoms with Gasteiger partial charge in [0.15, 0.2) is 17.3 Å². The third-order valence-corrected chi connectivity index (χ3v) is 8.12. The summed E-state index contributed by atoms with van der Waals surface area (Å²) in [7, 11) is 0. The molecule has 42 heavy (non-hydrogen) atoms. The molecule has 0 spiro atoms. The molecule has 0 unspecified atom stereocenters. The Labute approximate surface area is 241 Å². The molecule has 0 saturated heterocycles. The SMILES string of the molecule is Nc1ncccc1-c1nc2ccc(-n3cccn3)nc2n1-c1ccc2c(c1)CC[C@@H]2NC(=O)c1ccc(C2CC2)nc1. The quantitative estimate of drug-likeness (QED) is 0.299. The van der Waals surface area contributed by atoms with Crippen molar-refractivity contribution in [1.82, 2.24) is 39.6 Å². The van der Waals surface area contributed by atoms with Crippen LogP contribution < -0.4 is 11.1 Å². The number of hydrogen-bond acceptors (Lipinski definition) is 7. The lowest BCUT2D eigenvalue weighted by molar-refractivity contribution is 0.0936. The van der Waals surface area contributed by atoms with Gasteiger partial charge in [-0.3, -0.25) is 14.3 Å². The van der Waals surface area contributed by atoms with Gasteiger partial charge < -0.3 is 11.1 Å². The minimum absolute atomic E-state index is 0.0674. The number of carbonyl (C=O) groups excluding carboxylic acids is 1. The summed E-state index contributed by atoms with van der Waals surface area (Å²) in [6.07, 6.45) is 11.0. The maximum atomic E-state index is 13.1. The fourth-order valence-electron chi connectivity index (χ4n) is 5.81. The second-order valence-corrected chi connectivity index (χ2v) is 10.9. The van der Waals surface area contributed by atoms with Crippen LogP contribution in [-0.4, -0.2) is 40.2 Å². The van der Waals surface area contributed by atoms with Crippen LogP contribution in [0.5, 0.6) is 0 Å². The summed E-state index contributed by atoms with van der Waals surface area (Å²) in [5.41, 5.74) is 13.3. The van der Waals surface area contributed by atoms with Crippen LogP contribution in [0.15, 0.2) is 85.5 Å². The molecule has 1 amide bonds. The minimum atomic E-state index is -0.0999. The van der Waals surface area contributed by atoms with E-state index in [1.54, 1.807) is 23.3 Å². The number of carbonyl (C=O) groups is 1. The van der Waals surface area contributed by atoms with Gasteiger partial charge in [-0.25, -0.2) is 19.6 Å². The second kappa shape index (κ2) is 9.62. The predicted octanol–water partition coefficient (Wildman–Crippen LogP) is 4.94. The van der Waals surface area contributed by atoms with E-state index in [0.717, 1.165) is 40.9 Å². The Morgan fingerprint density at radius 3 is 2.67 bits per heavy atom. The van der Waals surface area contributed by atoms with Crippen molar-refractivity contribution in [2.75, 3.05) is 5.73 Å². The zero-order valence-electron chi connectivity index (χ0n) is 22.7. The highest BCUT2D eigenvalue weighted by atomic mass is 16.1. The molecule has 0 radical (unpaired) electrons. The Kier molecular flexibility index (Phi) is 5.59. The molecule has 206 valence electrons. The summed E-state index contributed by atoms with van der Waals surface area (Å²) in [5, 5.41) is 7.57. The van der Waals surface area contributed by atoms with Crippen LogP contribution in [0.2, 0.25) is 0 Å². The standard InChI is InChI=1S/C32H27N9O/c33-29-24(3-1-14-34-29)30-37-27-12-13-28(40-16-2-15-36-40)39-31(27)41(30)22-8-9-23-20(17-22)6-11-26(23)38-32(42)21-7-10-25(35-18-21)19-4-5-19/h1-3,7-10,12-19,26H,4-6,11H2,(H2,33,34)(H,38,42)/t26-/m0/s1. The fourth-order valence-corrected chi connectivity index (χ4v) is 5.81. The molecule has 0 bridgehead atoms. The van der Waals surface area contributed by atoms with E-state index in [1.165, 1.54) is 18.4 Å². The lowest BCUT2D eigenvalue weighted by Crippen LogP contribution is -2.27. The average Bonchev–Trinajstić information content (AvgIpc) is 3.39. The Balaban J connectivity index is 1.16. The van der Waals surface area contributed by atoms with E-state index in [4.69, 9.17) is 15.7 Å². The van der Waals surface area contributed by atoms with Crippen molar-refractivity contribution < 1.29 is 4.79 Å². The number of nitrogens with two attached hydrogens (primary N) is 1. The first-order chi connectivity index (χ1) is 20.6. The highest BCUT2D eigenvalue weighted by Crippen LogP contribution is 2.39. The number of hydrogen-bond donors (Lipinski definition) is 2. The van der Waals surface area contributed by atoms with Crippen LogP contribution in [0.3, 0.4) is 0 Å². The van der Waals surface area contributed by atoms with Crippen molar-refractivity contribution >= 4 is 22.9 Å². The van der Waals surface area contributed by atoms with Gasteiger partial charge in [0.25, 0.3) is 5.91 Å². The number of imidazole rings is 1. The lowest BCUT2D eigenvalue weighted by atomic mass is 10.1. The average molecular weight is 554 g/mol. The molecule has 5 aromatic heterocycles. The number of benzene rings is 1. The first-order valence-corrected chi connectivity index (χ1v) is 14.1. The molecule has 8 rings (SSSR count). The van der Waals surface area contributed by atoms with Crippen LogP contribution >= 0.6 is 0 Å². The molecule has 1 aromatic carbocycles. The van der Waals surface area contributed by atoms with Crippen molar-refractivity contribution in [1.29, 1.82) is 0 Å². The minimum Gasteiger partial charge on any atom is -0.383 e. The maximum Gasteiger partial charge on any atom is 0.253 e. The first-order valence-electron chi connectivity index (χ1n) is 14.1. The molecule has 1 atom stereocenters. The number of amides is 1. The third-order valence-electron chi connectivity index (χ3n) is 8.12. The second-order valence-electron chi connectivity index (χ2n) is 10.9. The number of aryl methyl sites for hydroxylation is 1. The van der Waals surface area contributed by atoms with Gasteiger partial charge >= 0.3 is 0 Å². The monoisotopic (exact) mass is 553 g/mol. The van der Waals surface area contributed by atoms with Gasteiger partial charge in [-0.15, -0.1) is 0 Å². The van der Waals surface area contributed by atoms with Crippen molar-refractivity contribution in [3.63, 3.8) is 0 Å². The number of aromatic nitrogens is 7. The Bertz CT molecular complexity index is 1960. The third kappa shape index (κ3) is 4.19. The highest BCUT2D eigenvalue weighted by Gasteiger charge is 2.28. The van der Waals surface area contributed by atoms with Crippen LogP contribution in [0, 0.1) is 0 Å². The van der Waals surface area contributed by atoms with Gasteiger partial charge in [-0.05, 0) is 91.4 Å². The molecule has 10 heteroatoms. The summed E-state index contributed by atoms with van der Waals surface area (Å²) in [6, 6.07) is 19.6. The van der Waals surface area contributed by atoms with Crippen LogP contribution in [-0.2, 0) is 6.42 Å². The fraction of sp³-hybridized carbons (Fsp3) is 0.188. The molecule has 3 N–H and O–H groups in total. The van der Waals surface area contributed by atoms with E-state index in [-0.39, 0.29) is 11.9 Å². The molecule has 2 aliphatic carbocycles. The molecular formula is C32H27N9O. The van der Waals surface area contributed by atoms with Crippen LogP contribution in [0.4, 0.5) is 5.82 Å². The molecule has 6 aromatic rings. The van der Waals surface area contributed by atoms with E-state index in [9.17, 15) is 4.79 Å². The van der Waals surface area contributed by atoms with Gasteiger partial charge in [-0.1, -0.05) is 6.07 Å². The zero-order chi connectivity index (χ0) is 28.2. The van der Waals surface area contributed by atoms with E-state index >= 15 is 0 Å². The van der Waals surface area contributed by atoms with E-state index in [0.29, 0.717) is 34.6 Å². The van der Waals surface area contributed by atoms with Crippen LogP contribution in [0.25, 0.3) is 34.1 Å². The van der Waals surface area contributed by atoms with Gasteiger partial charge in [0.2, 0.25) is 0 Å². The zero-order valence-corrected chi connectivity index (χ0v) is 22.7. The van der Waals surface area contributed by atoms with Gasteiger partial charge in [0.1, 0.15) is 11.3 Å². The van der Waals surface area contributed by atoms with Crippen molar-refractivity contribution in [3.8, 4) is 22.9 Å². The molecule has 5 heterocycles. The molecule has 1 fully saturated rings. The van der Waals surface area contributed by atoms with Crippen LogP contribution in [0.1, 0.15) is 58.4 Å². The van der Waals surface area contributed by atoms with Crippen molar-refractivity contribution in [2.45, 2.75) is 37.6 Å². The number of fused-ring (bicyclic) bond motifs is 2. The summed E-state index contributed by atoms with van der Waals surface area (Å²) in [4.78, 5) is 31.8. The lowest BCUT2D eigenvalue weighted by Gasteiger charge is -2.16. The Morgan fingerprint density at radius 2 is 1.88 bits per heavy atom. The predicted molar refractivity (Wildman–Crippen MR) is 158 cm³/mol. The van der Waals surface area contributed by atoms with E-state index in [2.05, 4.69) is 38.6 Å². The number of nitrogens with one attached hydrogen (secondary N) is 1. The van der Waals surface area contributed by atoms with Gasteiger partial charge in [0, 0.05) is 42.1 Å². The van der Waals surface area contributed by atoms with Gasteiger partial charge in [-0.2, -0.15) is 5.10 Å². The first kappa shape index (κ1) is 24.4.